The fourth-order valence-corrected chi connectivity index (χ4v) is 5.64. The zero-order valence-corrected chi connectivity index (χ0v) is 14.8. The highest BCUT2D eigenvalue weighted by atomic mass is 32.2. The fourth-order valence-electron chi connectivity index (χ4n) is 3.02. The highest BCUT2D eigenvalue weighted by Gasteiger charge is 2.39. The van der Waals surface area contributed by atoms with Crippen LogP contribution in [0.15, 0.2) is 35.7 Å². The standard InChI is InChI=1S/C17H22N2OS2/c1-3-17(4-2)13-19(10-11-22(17)20)16-18-15(12-21-16)14-8-6-5-7-9-14/h5-9,12H,3-4,10-11,13H2,1-2H3. The van der Waals surface area contributed by atoms with E-state index < -0.39 is 10.8 Å². The summed E-state index contributed by atoms with van der Waals surface area (Å²) in [7, 11) is -0.725. The molecule has 3 nitrogen and oxygen atoms in total. The van der Waals surface area contributed by atoms with Crippen LogP contribution in [0.5, 0.6) is 0 Å². The molecule has 2 heterocycles. The van der Waals surface area contributed by atoms with Crippen molar-refractivity contribution < 1.29 is 4.21 Å². The van der Waals surface area contributed by atoms with Crippen LogP contribution in [0.25, 0.3) is 11.3 Å². The van der Waals surface area contributed by atoms with Gasteiger partial charge in [-0.2, -0.15) is 0 Å². The van der Waals surface area contributed by atoms with Crippen LogP contribution in [0.3, 0.4) is 0 Å². The Morgan fingerprint density at radius 1 is 1.27 bits per heavy atom. The van der Waals surface area contributed by atoms with Gasteiger partial charge >= 0.3 is 0 Å². The molecule has 118 valence electrons. The van der Waals surface area contributed by atoms with Crippen molar-refractivity contribution in [1.29, 1.82) is 0 Å². The zero-order valence-electron chi connectivity index (χ0n) is 13.1. The molecule has 0 saturated carbocycles. The SMILES string of the molecule is CCC1(CC)CN(c2nc(-c3ccccc3)cs2)CCS1=O. The van der Waals surface area contributed by atoms with Gasteiger partial charge < -0.3 is 4.90 Å². The quantitative estimate of drug-likeness (QED) is 0.849. The van der Waals surface area contributed by atoms with Gasteiger partial charge in [0.1, 0.15) is 0 Å². The number of benzene rings is 1. The second kappa shape index (κ2) is 6.50. The lowest BCUT2D eigenvalue weighted by Crippen LogP contribution is -2.53. The molecule has 0 amide bonds. The summed E-state index contributed by atoms with van der Waals surface area (Å²) >= 11 is 1.69. The predicted octanol–water partition coefficient (Wildman–Crippen LogP) is 3.94. The molecule has 1 unspecified atom stereocenters. The second-order valence-corrected chi connectivity index (χ2v) is 8.54. The van der Waals surface area contributed by atoms with Crippen molar-refractivity contribution in [1.82, 2.24) is 4.98 Å². The molecule has 1 aliphatic heterocycles. The molecule has 1 aromatic carbocycles. The molecule has 22 heavy (non-hydrogen) atoms. The first-order chi connectivity index (χ1) is 10.7. The van der Waals surface area contributed by atoms with E-state index in [1.54, 1.807) is 11.3 Å². The summed E-state index contributed by atoms with van der Waals surface area (Å²) in [5.74, 6) is 0.752. The minimum atomic E-state index is -0.725. The highest BCUT2D eigenvalue weighted by molar-refractivity contribution is 7.86. The van der Waals surface area contributed by atoms with Gasteiger partial charge in [-0.25, -0.2) is 4.98 Å². The van der Waals surface area contributed by atoms with Crippen LogP contribution in [0.1, 0.15) is 26.7 Å². The van der Waals surface area contributed by atoms with Gasteiger partial charge in [-0.05, 0) is 12.8 Å². The third-order valence-corrected chi connectivity index (χ3v) is 7.76. The van der Waals surface area contributed by atoms with E-state index in [4.69, 9.17) is 4.98 Å². The van der Waals surface area contributed by atoms with Gasteiger partial charge in [-0.1, -0.05) is 44.2 Å². The Balaban J connectivity index is 1.83. The number of nitrogens with zero attached hydrogens (tertiary/aromatic N) is 2. The molecular formula is C17H22N2OS2. The molecule has 1 atom stereocenters. The third kappa shape index (κ3) is 2.84. The smallest absolute Gasteiger partial charge is 0.185 e. The first-order valence-corrected chi connectivity index (χ1v) is 10.0. The van der Waals surface area contributed by atoms with Crippen molar-refractivity contribution in [2.24, 2.45) is 0 Å². The largest absolute Gasteiger partial charge is 0.346 e. The summed E-state index contributed by atoms with van der Waals surface area (Å²) in [6.45, 7) is 6.01. The van der Waals surface area contributed by atoms with Crippen LogP contribution in [0.2, 0.25) is 0 Å². The van der Waals surface area contributed by atoms with Crippen LogP contribution in [-0.2, 0) is 10.8 Å². The molecule has 3 rings (SSSR count). The van der Waals surface area contributed by atoms with E-state index >= 15 is 0 Å². The summed E-state index contributed by atoms with van der Waals surface area (Å²) in [4.78, 5) is 7.13. The van der Waals surface area contributed by atoms with Gasteiger partial charge in [-0.15, -0.1) is 11.3 Å². The number of hydrogen-bond acceptors (Lipinski definition) is 4. The van der Waals surface area contributed by atoms with Crippen molar-refractivity contribution in [3.8, 4) is 11.3 Å². The van der Waals surface area contributed by atoms with Crippen LogP contribution in [-0.4, -0.2) is 32.8 Å². The van der Waals surface area contributed by atoms with Crippen LogP contribution < -0.4 is 4.90 Å². The molecule has 0 N–H and O–H groups in total. The van der Waals surface area contributed by atoms with Crippen molar-refractivity contribution in [2.45, 2.75) is 31.4 Å². The van der Waals surface area contributed by atoms with E-state index in [0.29, 0.717) is 0 Å². The monoisotopic (exact) mass is 334 g/mol. The van der Waals surface area contributed by atoms with Gasteiger partial charge in [0, 0.05) is 40.6 Å². The number of thiazole rings is 1. The molecule has 1 aliphatic rings. The summed E-state index contributed by atoms with van der Waals surface area (Å²) in [6, 6.07) is 10.3. The Hall–Kier alpha value is -1.20. The average Bonchev–Trinajstić information content (AvgIpc) is 3.06. The lowest BCUT2D eigenvalue weighted by atomic mass is 10.0. The van der Waals surface area contributed by atoms with Crippen molar-refractivity contribution in [2.75, 3.05) is 23.7 Å². The normalized spacial score (nSPS) is 21.0. The summed E-state index contributed by atoms with van der Waals surface area (Å²) < 4.78 is 12.4. The molecule has 1 saturated heterocycles. The third-order valence-electron chi connectivity index (χ3n) is 4.63. The topological polar surface area (TPSA) is 33.2 Å². The van der Waals surface area contributed by atoms with E-state index in [-0.39, 0.29) is 4.75 Å². The molecule has 0 radical (unpaired) electrons. The maximum atomic E-state index is 12.4. The van der Waals surface area contributed by atoms with E-state index in [9.17, 15) is 4.21 Å². The molecule has 0 aliphatic carbocycles. The average molecular weight is 335 g/mol. The Bertz CT molecular complexity index is 650. The minimum Gasteiger partial charge on any atom is -0.346 e. The van der Waals surface area contributed by atoms with Gasteiger partial charge in [-0.3, -0.25) is 4.21 Å². The second-order valence-electron chi connectivity index (χ2n) is 5.74. The maximum Gasteiger partial charge on any atom is 0.185 e. The number of hydrogen-bond donors (Lipinski definition) is 0. The molecule has 0 spiro atoms. The van der Waals surface area contributed by atoms with Crippen LogP contribution in [0, 0.1) is 0 Å². The minimum absolute atomic E-state index is 0.0726. The molecule has 1 fully saturated rings. The number of aromatic nitrogens is 1. The Morgan fingerprint density at radius 3 is 2.68 bits per heavy atom. The first-order valence-electron chi connectivity index (χ1n) is 7.83. The molecular weight excluding hydrogens is 312 g/mol. The van der Waals surface area contributed by atoms with Gasteiger partial charge in [0.25, 0.3) is 0 Å². The van der Waals surface area contributed by atoms with Gasteiger partial charge in [0.05, 0.1) is 10.4 Å². The van der Waals surface area contributed by atoms with Crippen molar-refractivity contribution >= 4 is 27.3 Å². The van der Waals surface area contributed by atoms with Crippen LogP contribution >= 0.6 is 11.3 Å². The summed E-state index contributed by atoms with van der Waals surface area (Å²) in [5.41, 5.74) is 2.19. The zero-order chi connectivity index (χ0) is 15.6. The first kappa shape index (κ1) is 15.7. The Kier molecular flexibility index (Phi) is 4.64. The highest BCUT2D eigenvalue weighted by Crippen LogP contribution is 2.34. The maximum absolute atomic E-state index is 12.4. The van der Waals surface area contributed by atoms with Gasteiger partial charge in [0.15, 0.2) is 5.13 Å². The number of rotatable bonds is 4. The molecule has 2 aromatic rings. The number of anilines is 1. The predicted molar refractivity (Wildman–Crippen MR) is 96.1 cm³/mol. The lowest BCUT2D eigenvalue weighted by molar-refractivity contribution is 0.496. The Morgan fingerprint density at radius 2 is 2.00 bits per heavy atom. The van der Waals surface area contributed by atoms with E-state index in [1.165, 1.54) is 0 Å². The molecule has 5 heteroatoms. The van der Waals surface area contributed by atoms with E-state index in [2.05, 4.69) is 36.3 Å². The van der Waals surface area contributed by atoms with E-state index in [0.717, 1.165) is 48.1 Å². The van der Waals surface area contributed by atoms with Crippen molar-refractivity contribution in [3.05, 3.63) is 35.7 Å². The Labute approximate surface area is 138 Å². The van der Waals surface area contributed by atoms with Crippen molar-refractivity contribution in [3.63, 3.8) is 0 Å². The molecule has 1 aromatic heterocycles. The lowest BCUT2D eigenvalue weighted by Gasteiger charge is -2.41. The van der Waals surface area contributed by atoms with E-state index in [1.807, 2.05) is 18.2 Å². The summed E-state index contributed by atoms with van der Waals surface area (Å²) in [6.07, 6.45) is 1.92. The van der Waals surface area contributed by atoms with Crippen LogP contribution in [0.4, 0.5) is 5.13 Å². The molecule has 0 bridgehead atoms. The fraction of sp³-hybridized carbons (Fsp3) is 0.471. The van der Waals surface area contributed by atoms with Gasteiger partial charge in [0.2, 0.25) is 0 Å². The summed E-state index contributed by atoms with van der Waals surface area (Å²) in [5, 5.41) is 3.18.